The topological polar surface area (TPSA) is 85.3 Å². The lowest BCUT2D eigenvalue weighted by molar-refractivity contribution is -0.140. The third-order valence-corrected chi connectivity index (χ3v) is 6.18. The largest absolute Gasteiger partial charge is 0.342 e. The Morgan fingerprint density at radius 3 is 2.72 bits per heavy atom. The van der Waals surface area contributed by atoms with Crippen LogP contribution in [0.3, 0.4) is 0 Å². The number of nitrogens with zero attached hydrogens (tertiary/aromatic N) is 3. The lowest BCUT2D eigenvalue weighted by Gasteiger charge is -2.41. The van der Waals surface area contributed by atoms with Crippen LogP contribution in [-0.2, 0) is 4.79 Å². The molecule has 2 heterocycles. The summed E-state index contributed by atoms with van der Waals surface area (Å²) in [5.41, 5.74) is 6.72. The fourth-order valence-corrected chi connectivity index (χ4v) is 4.48. The first kappa shape index (κ1) is 21.7. The zero-order valence-electron chi connectivity index (χ0n) is 16.6. The molecular formula is C21H28ClFN4O2. The Morgan fingerprint density at radius 2 is 2.00 bits per heavy atom. The van der Waals surface area contributed by atoms with Crippen LogP contribution in [0, 0.1) is 11.7 Å². The van der Waals surface area contributed by atoms with Crippen LogP contribution in [0.25, 0.3) is 11.4 Å². The predicted octanol–water partition coefficient (Wildman–Crippen LogP) is 3.91. The third kappa shape index (κ3) is 4.61. The number of nitrogens with two attached hydrogens (primary N) is 1. The van der Waals surface area contributed by atoms with E-state index in [-0.39, 0.29) is 36.0 Å². The first-order valence-corrected chi connectivity index (χ1v) is 10.1. The van der Waals surface area contributed by atoms with Gasteiger partial charge in [0.1, 0.15) is 5.82 Å². The molecule has 2 fully saturated rings. The van der Waals surface area contributed by atoms with E-state index in [1.165, 1.54) is 12.1 Å². The molecule has 3 unspecified atom stereocenters. The first-order chi connectivity index (χ1) is 13.4. The summed E-state index contributed by atoms with van der Waals surface area (Å²) in [5, 5.41) is 4.04. The molecule has 1 amide bonds. The van der Waals surface area contributed by atoms with Gasteiger partial charge in [-0.05, 0) is 56.9 Å². The summed E-state index contributed by atoms with van der Waals surface area (Å²) in [5.74, 6) is 0.747. The second-order valence-electron chi connectivity index (χ2n) is 8.39. The van der Waals surface area contributed by atoms with Crippen molar-refractivity contribution in [3.8, 4) is 11.4 Å². The fourth-order valence-electron chi connectivity index (χ4n) is 4.48. The van der Waals surface area contributed by atoms with E-state index in [0.29, 0.717) is 23.8 Å². The highest BCUT2D eigenvalue weighted by Crippen LogP contribution is 2.35. The lowest BCUT2D eigenvalue weighted by atomic mass is 9.73. The minimum Gasteiger partial charge on any atom is -0.342 e. The van der Waals surface area contributed by atoms with Crippen LogP contribution < -0.4 is 5.73 Å². The summed E-state index contributed by atoms with van der Waals surface area (Å²) in [6.45, 7) is 3.33. The summed E-state index contributed by atoms with van der Waals surface area (Å²) in [6, 6.07) is 6.01. The minimum atomic E-state index is -0.428. The molecule has 6 nitrogen and oxygen atoms in total. The maximum atomic E-state index is 13.1. The van der Waals surface area contributed by atoms with Crippen molar-refractivity contribution in [2.75, 3.05) is 13.1 Å². The van der Waals surface area contributed by atoms with E-state index in [4.69, 9.17) is 10.3 Å². The van der Waals surface area contributed by atoms with Crippen molar-refractivity contribution >= 4 is 18.3 Å². The van der Waals surface area contributed by atoms with E-state index in [1.807, 2.05) is 11.8 Å². The van der Waals surface area contributed by atoms with Crippen LogP contribution in [0.2, 0.25) is 0 Å². The molecule has 4 rings (SSSR count). The number of likely N-dealkylation sites (tertiary alicyclic amines) is 1. The van der Waals surface area contributed by atoms with E-state index >= 15 is 0 Å². The Balaban J connectivity index is 0.00000240. The Morgan fingerprint density at radius 1 is 1.24 bits per heavy atom. The van der Waals surface area contributed by atoms with Crippen LogP contribution >= 0.6 is 12.4 Å². The maximum absolute atomic E-state index is 13.1. The molecule has 2 aromatic rings. The number of halogens is 2. The van der Waals surface area contributed by atoms with Gasteiger partial charge in [0.2, 0.25) is 17.6 Å². The second kappa shape index (κ2) is 8.79. The molecule has 1 saturated carbocycles. The number of piperidine rings is 1. The normalized spacial score (nSPS) is 27.3. The monoisotopic (exact) mass is 422 g/mol. The van der Waals surface area contributed by atoms with Gasteiger partial charge >= 0.3 is 0 Å². The van der Waals surface area contributed by atoms with Crippen molar-refractivity contribution in [3.05, 3.63) is 36.0 Å². The van der Waals surface area contributed by atoms with E-state index in [9.17, 15) is 9.18 Å². The zero-order chi connectivity index (χ0) is 19.7. The highest BCUT2D eigenvalue weighted by Gasteiger charge is 2.41. The van der Waals surface area contributed by atoms with Crippen molar-refractivity contribution in [3.63, 3.8) is 0 Å². The molecule has 8 heteroatoms. The molecule has 0 spiro atoms. The lowest BCUT2D eigenvalue weighted by Crippen LogP contribution is -2.55. The predicted molar refractivity (Wildman–Crippen MR) is 110 cm³/mol. The number of aromatic nitrogens is 2. The van der Waals surface area contributed by atoms with Gasteiger partial charge in [-0.25, -0.2) is 4.39 Å². The van der Waals surface area contributed by atoms with Crippen molar-refractivity contribution < 1.29 is 13.7 Å². The summed E-state index contributed by atoms with van der Waals surface area (Å²) in [6.07, 6.45) is 5.71. The zero-order valence-corrected chi connectivity index (χ0v) is 17.5. The summed E-state index contributed by atoms with van der Waals surface area (Å²) in [4.78, 5) is 19.6. The quantitative estimate of drug-likeness (QED) is 0.810. The average Bonchev–Trinajstić information content (AvgIpc) is 3.18. The highest BCUT2D eigenvalue weighted by atomic mass is 35.5. The fraction of sp³-hybridized carbons (Fsp3) is 0.571. The van der Waals surface area contributed by atoms with Crippen molar-refractivity contribution in [1.82, 2.24) is 15.0 Å². The number of rotatable bonds is 3. The molecule has 158 valence electrons. The Hall–Kier alpha value is -1.99. The summed E-state index contributed by atoms with van der Waals surface area (Å²) in [7, 11) is 0. The van der Waals surface area contributed by atoms with Crippen LogP contribution in [0.5, 0.6) is 0 Å². The van der Waals surface area contributed by atoms with Gasteiger partial charge in [0.15, 0.2) is 0 Å². The number of hydrogen-bond donors (Lipinski definition) is 1. The molecule has 1 saturated heterocycles. The van der Waals surface area contributed by atoms with Gasteiger partial charge in [-0.2, -0.15) is 4.98 Å². The number of carbonyl (C=O) groups is 1. The van der Waals surface area contributed by atoms with Crippen molar-refractivity contribution in [2.45, 2.75) is 56.9 Å². The van der Waals surface area contributed by atoms with E-state index in [2.05, 4.69) is 10.1 Å². The molecule has 1 aliphatic carbocycles. The molecule has 2 N–H and O–H groups in total. The van der Waals surface area contributed by atoms with Crippen molar-refractivity contribution in [1.29, 1.82) is 0 Å². The Kier molecular flexibility index (Phi) is 6.58. The molecule has 1 aromatic carbocycles. The van der Waals surface area contributed by atoms with Gasteiger partial charge in [0, 0.05) is 24.2 Å². The number of carbonyl (C=O) groups excluding carboxylic acids is 1. The van der Waals surface area contributed by atoms with Crippen LogP contribution in [0.15, 0.2) is 28.8 Å². The maximum Gasteiger partial charge on any atom is 0.231 e. The van der Waals surface area contributed by atoms with Gasteiger partial charge in [-0.3, -0.25) is 4.79 Å². The molecule has 29 heavy (non-hydrogen) atoms. The summed E-state index contributed by atoms with van der Waals surface area (Å²) < 4.78 is 18.6. The molecule has 1 aromatic heterocycles. The molecule has 2 aliphatic rings. The van der Waals surface area contributed by atoms with Crippen molar-refractivity contribution in [2.24, 2.45) is 11.7 Å². The first-order valence-electron chi connectivity index (χ1n) is 10.1. The SMILES string of the molecule is CC1(N)CCCCC1C(=O)N1CCCC(c2nc(-c3ccc(F)cc3)no2)C1.Cl. The van der Waals surface area contributed by atoms with E-state index in [0.717, 1.165) is 45.1 Å². The second-order valence-corrected chi connectivity index (χ2v) is 8.39. The Bertz CT molecular complexity index is 839. The highest BCUT2D eigenvalue weighted by molar-refractivity contribution is 5.85. The number of hydrogen-bond acceptors (Lipinski definition) is 5. The van der Waals surface area contributed by atoms with Crippen LogP contribution in [0.1, 0.15) is 57.3 Å². The van der Waals surface area contributed by atoms with E-state index < -0.39 is 5.54 Å². The van der Waals surface area contributed by atoms with Gasteiger partial charge in [-0.1, -0.05) is 18.0 Å². The molecule has 0 bridgehead atoms. The molecule has 1 aliphatic heterocycles. The number of amides is 1. The van der Waals surface area contributed by atoms with Crippen LogP contribution in [0.4, 0.5) is 4.39 Å². The Labute approximate surface area is 176 Å². The average molecular weight is 423 g/mol. The smallest absolute Gasteiger partial charge is 0.231 e. The van der Waals surface area contributed by atoms with Gasteiger partial charge in [-0.15, -0.1) is 12.4 Å². The van der Waals surface area contributed by atoms with Crippen LogP contribution in [-0.4, -0.2) is 39.6 Å². The molecule has 0 radical (unpaired) electrons. The summed E-state index contributed by atoms with van der Waals surface area (Å²) >= 11 is 0. The number of benzene rings is 1. The molecule has 3 atom stereocenters. The van der Waals surface area contributed by atoms with Gasteiger partial charge in [0.05, 0.1) is 11.8 Å². The third-order valence-electron chi connectivity index (χ3n) is 6.18. The standard InChI is InChI=1S/C21H27FN4O2.ClH/c1-21(23)11-3-2-6-17(21)20(27)26-12-4-5-15(13-26)19-24-18(25-28-19)14-7-9-16(22)10-8-14;/h7-10,15,17H,2-6,11-13,23H2,1H3;1H. The van der Waals surface area contributed by atoms with Gasteiger partial charge in [0.25, 0.3) is 0 Å². The molecular weight excluding hydrogens is 395 g/mol. The van der Waals surface area contributed by atoms with Gasteiger partial charge < -0.3 is 15.2 Å². The van der Waals surface area contributed by atoms with E-state index in [1.54, 1.807) is 12.1 Å². The minimum absolute atomic E-state index is 0.